The number of hydrogen-bond acceptors (Lipinski definition) is 2. The van der Waals surface area contributed by atoms with Crippen LogP contribution in [-0.2, 0) is 6.42 Å². The van der Waals surface area contributed by atoms with Crippen molar-refractivity contribution in [3.05, 3.63) is 36.0 Å². The van der Waals surface area contributed by atoms with Gasteiger partial charge in [-0.05, 0) is 31.0 Å². The molecule has 0 spiro atoms. The van der Waals surface area contributed by atoms with Crippen LogP contribution in [0.2, 0.25) is 0 Å². The van der Waals surface area contributed by atoms with E-state index in [0.717, 1.165) is 23.4 Å². The maximum Gasteiger partial charge on any atom is 0.0924 e. The molecule has 0 aliphatic heterocycles. The number of benzene rings is 1. The van der Waals surface area contributed by atoms with Gasteiger partial charge in [-0.15, -0.1) is 0 Å². The lowest BCUT2D eigenvalue weighted by Crippen LogP contribution is -1.84. The van der Waals surface area contributed by atoms with Gasteiger partial charge in [0, 0.05) is 16.9 Å². The molecule has 3 nitrogen and oxygen atoms in total. The van der Waals surface area contributed by atoms with Crippen molar-refractivity contribution in [3.63, 3.8) is 0 Å². The molecule has 0 saturated carbocycles. The highest BCUT2D eigenvalue weighted by molar-refractivity contribution is 5.63. The third kappa shape index (κ3) is 3.09. The highest BCUT2D eigenvalue weighted by Gasteiger charge is 2.03. The number of aromatic amines is 1. The van der Waals surface area contributed by atoms with Crippen molar-refractivity contribution in [2.45, 2.75) is 32.6 Å². The summed E-state index contributed by atoms with van der Waals surface area (Å²) in [6.45, 7) is 2.21. The highest BCUT2D eigenvalue weighted by atomic mass is 15.1. The first-order valence-electron chi connectivity index (χ1n) is 6.20. The van der Waals surface area contributed by atoms with Gasteiger partial charge >= 0.3 is 0 Å². The molecule has 3 heteroatoms. The van der Waals surface area contributed by atoms with Crippen LogP contribution in [0, 0.1) is 0 Å². The summed E-state index contributed by atoms with van der Waals surface area (Å²) < 4.78 is 0. The normalized spacial score (nSPS) is 10.6. The summed E-state index contributed by atoms with van der Waals surface area (Å²) in [5, 5.41) is 7.42. The van der Waals surface area contributed by atoms with E-state index in [-0.39, 0.29) is 0 Å². The third-order valence-corrected chi connectivity index (χ3v) is 2.86. The van der Waals surface area contributed by atoms with Crippen molar-refractivity contribution in [2.24, 2.45) is 0 Å². The molecule has 1 heterocycles. The molecule has 1 aromatic heterocycles. The minimum Gasteiger partial charge on any atom is -0.399 e. The molecule has 17 heavy (non-hydrogen) atoms. The third-order valence-electron chi connectivity index (χ3n) is 2.86. The molecular weight excluding hydrogens is 210 g/mol. The number of nitrogens with two attached hydrogens (primary N) is 1. The van der Waals surface area contributed by atoms with Gasteiger partial charge in [-0.25, -0.2) is 0 Å². The molecule has 2 aromatic rings. The van der Waals surface area contributed by atoms with Gasteiger partial charge in [0.15, 0.2) is 0 Å². The Bertz CT molecular complexity index is 474. The number of hydrogen-bond donors (Lipinski definition) is 2. The van der Waals surface area contributed by atoms with E-state index in [2.05, 4.69) is 23.2 Å². The fourth-order valence-electron chi connectivity index (χ4n) is 1.90. The average molecular weight is 229 g/mol. The van der Waals surface area contributed by atoms with E-state index in [1.54, 1.807) is 0 Å². The zero-order valence-corrected chi connectivity index (χ0v) is 10.2. The van der Waals surface area contributed by atoms with Gasteiger partial charge in [0.25, 0.3) is 0 Å². The Hall–Kier alpha value is -1.77. The second-order valence-electron chi connectivity index (χ2n) is 4.36. The Morgan fingerprint density at radius 3 is 2.88 bits per heavy atom. The summed E-state index contributed by atoms with van der Waals surface area (Å²) in [4.78, 5) is 0. The molecule has 0 radical (unpaired) electrons. The Balaban J connectivity index is 2.07. The molecular formula is C14H19N3. The number of nitrogen functional groups attached to an aromatic ring is 1. The molecule has 0 atom stereocenters. The van der Waals surface area contributed by atoms with Crippen LogP contribution in [0.4, 0.5) is 5.69 Å². The summed E-state index contributed by atoms with van der Waals surface area (Å²) in [6, 6.07) is 9.94. The predicted octanol–water partition coefficient (Wildman–Crippen LogP) is 3.39. The number of anilines is 1. The summed E-state index contributed by atoms with van der Waals surface area (Å²) in [7, 11) is 0. The maximum atomic E-state index is 5.76. The van der Waals surface area contributed by atoms with Gasteiger partial charge in [-0.1, -0.05) is 31.9 Å². The smallest absolute Gasteiger partial charge is 0.0924 e. The van der Waals surface area contributed by atoms with Crippen LogP contribution in [0.15, 0.2) is 30.3 Å². The quantitative estimate of drug-likeness (QED) is 0.610. The predicted molar refractivity (Wildman–Crippen MR) is 71.7 cm³/mol. The highest BCUT2D eigenvalue weighted by Crippen LogP contribution is 2.20. The van der Waals surface area contributed by atoms with Crippen molar-refractivity contribution in [2.75, 3.05) is 5.73 Å². The molecule has 1 aromatic carbocycles. The van der Waals surface area contributed by atoms with Crippen LogP contribution in [-0.4, -0.2) is 10.2 Å². The van der Waals surface area contributed by atoms with Crippen LogP contribution < -0.4 is 5.73 Å². The number of nitrogens with one attached hydrogen (secondary N) is 1. The first kappa shape index (κ1) is 11.7. The number of rotatable bonds is 5. The van der Waals surface area contributed by atoms with Crippen LogP contribution in [0.1, 0.15) is 31.9 Å². The van der Waals surface area contributed by atoms with Crippen LogP contribution >= 0.6 is 0 Å². The van der Waals surface area contributed by atoms with Crippen molar-refractivity contribution in [3.8, 4) is 11.3 Å². The minimum atomic E-state index is 0.776. The fraction of sp³-hybridized carbons (Fsp3) is 0.357. The molecule has 0 fully saturated rings. The van der Waals surface area contributed by atoms with Crippen LogP contribution in [0.25, 0.3) is 11.3 Å². The van der Waals surface area contributed by atoms with Crippen LogP contribution in [0.3, 0.4) is 0 Å². The molecule has 90 valence electrons. The molecule has 0 saturated heterocycles. The first-order valence-corrected chi connectivity index (χ1v) is 6.20. The van der Waals surface area contributed by atoms with E-state index >= 15 is 0 Å². The fourth-order valence-corrected chi connectivity index (χ4v) is 1.90. The molecule has 0 aliphatic carbocycles. The Labute approximate surface area is 102 Å². The largest absolute Gasteiger partial charge is 0.399 e. The lowest BCUT2D eigenvalue weighted by atomic mass is 10.1. The monoisotopic (exact) mass is 229 g/mol. The summed E-state index contributed by atoms with van der Waals surface area (Å²) in [5.74, 6) is 0. The number of H-pyrrole nitrogens is 1. The second kappa shape index (κ2) is 5.53. The number of nitrogens with zero attached hydrogens (tertiary/aromatic N) is 1. The van der Waals surface area contributed by atoms with Gasteiger partial charge in [0.2, 0.25) is 0 Å². The van der Waals surface area contributed by atoms with Gasteiger partial charge in [-0.3, -0.25) is 5.10 Å². The number of aromatic nitrogens is 2. The lowest BCUT2D eigenvalue weighted by Gasteiger charge is -1.97. The van der Waals surface area contributed by atoms with Gasteiger partial charge in [0.05, 0.1) is 5.69 Å². The molecule has 0 unspecified atom stereocenters. The lowest BCUT2D eigenvalue weighted by molar-refractivity contribution is 0.705. The Morgan fingerprint density at radius 1 is 1.24 bits per heavy atom. The molecule has 0 bridgehead atoms. The van der Waals surface area contributed by atoms with E-state index in [9.17, 15) is 0 Å². The van der Waals surface area contributed by atoms with Gasteiger partial charge in [0.1, 0.15) is 0 Å². The SMILES string of the molecule is CCCCCc1cc(-c2cccc(N)c2)n[nH]1. The first-order chi connectivity index (χ1) is 8.29. The van der Waals surface area contributed by atoms with Gasteiger partial charge < -0.3 is 5.73 Å². The van der Waals surface area contributed by atoms with E-state index in [0.29, 0.717) is 0 Å². The number of aryl methyl sites for hydroxylation is 1. The van der Waals surface area contributed by atoms with Gasteiger partial charge in [-0.2, -0.15) is 5.10 Å². The molecule has 0 amide bonds. The van der Waals surface area contributed by atoms with Crippen molar-refractivity contribution < 1.29 is 0 Å². The Kier molecular flexibility index (Phi) is 3.81. The number of unbranched alkanes of at least 4 members (excludes halogenated alkanes) is 2. The summed E-state index contributed by atoms with van der Waals surface area (Å²) in [6.07, 6.45) is 4.81. The standard InChI is InChI=1S/C14H19N3/c1-2-3-4-8-13-10-14(17-16-13)11-6-5-7-12(15)9-11/h5-7,9-10H,2-4,8,15H2,1H3,(H,16,17). The molecule has 0 aliphatic rings. The zero-order chi connectivity index (χ0) is 12.1. The van der Waals surface area contributed by atoms with E-state index in [4.69, 9.17) is 5.73 Å². The zero-order valence-electron chi connectivity index (χ0n) is 10.2. The topological polar surface area (TPSA) is 54.7 Å². The van der Waals surface area contributed by atoms with Crippen LogP contribution in [0.5, 0.6) is 0 Å². The van der Waals surface area contributed by atoms with Crippen molar-refractivity contribution >= 4 is 5.69 Å². The Morgan fingerprint density at radius 2 is 2.12 bits per heavy atom. The minimum absolute atomic E-state index is 0.776. The summed E-state index contributed by atoms with van der Waals surface area (Å²) >= 11 is 0. The van der Waals surface area contributed by atoms with Crippen molar-refractivity contribution in [1.29, 1.82) is 0 Å². The van der Waals surface area contributed by atoms with E-state index < -0.39 is 0 Å². The average Bonchev–Trinajstić information content (AvgIpc) is 2.78. The van der Waals surface area contributed by atoms with Crippen molar-refractivity contribution in [1.82, 2.24) is 10.2 Å². The summed E-state index contributed by atoms with van der Waals surface area (Å²) in [5.41, 5.74) is 9.79. The van der Waals surface area contributed by atoms with E-state index in [1.807, 2.05) is 24.3 Å². The molecule has 3 N–H and O–H groups in total. The van der Waals surface area contributed by atoms with E-state index in [1.165, 1.54) is 25.0 Å². The second-order valence-corrected chi connectivity index (χ2v) is 4.36. The molecule has 2 rings (SSSR count). The maximum absolute atomic E-state index is 5.76.